The average molecular weight is 457 g/mol. The zero-order valence-corrected chi connectivity index (χ0v) is 19.4. The van der Waals surface area contributed by atoms with Crippen LogP contribution in [0, 0.1) is 18.6 Å². The van der Waals surface area contributed by atoms with Crippen LogP contribution in [-0.4, -0.2) is 62.6 Å². The maximum Gasteiger partial charge on any atom is 0.246 e. The van der Waals surface area contributed by atoms with E-state index in [1.165, 1.54) is 23.1 Å². The summed E-state index contributed by atoms with van der Waals surface area (Å²) in [4.78, 5) is 8.88. The van der Waals surface area contributed by atoms with Crippen molar-refractivity contribution < 1.29 is 13.9 Å². The van der Waals surface area contributed by atoms with Crippen LogP contribution in [0.1, 0.15) is 26.3 Å². The zero-order chi connectivity index (χ0) is 23.8. The number of hydrogen-bond donors (Lipinski definition) is 2. The third-order valence-electron chi connectivity index (χ3n) is 5.64. The molecule has 3 aromatic rings. The second kappa shape index (κ2) is 9.07. The molecule has 1 aliphatic rings. The Kier molecular flexibility index (Phi) is 6.36. The van der Waals surface area contributed by atoms with Crippen LogP contribution in [-0.2, 0) is 0 Å². The lowest BCUT2D eigenvalue weighted by Gasteiger charge is -2.43. The van der Waals surface area contributed by atoms with Gasteiger partial charge >= 0.3 is 0 Å². The van der Waals surface area contributed by atoms with E-state index in [0.717, 1.165) is 42.6 Å². The number of nitrogens with one attached hydrogen (secondary N) is 1. The molecular weight excluding hydrogens is 426 g/mol. The van der Waals surface area contributed by atoms with Crippen LogP contribution in [0.2, 0.25) is 0 Å². The minimum absolute atomic E-state index is 0.260. The van der Waals surface area contributed by atoms with Crippen molar-refractivity contribution in [1.82, 2.24) is 19.7 Å². The molecule has 33 heavy (non-hydrogen) atoms. The third-order valence-corrected chi connectivity index (χ3v) is 5.64. The fourth-order valence-electron chi connectivity index (χ4n) is 4.22. The molecule has 2 aromatic carbocycles. The Labute approximate surface area is 192 Å². The number of nitrogens with zero attached hydrogens (tertiary/aromatic N) is 5. The smallest absolute Gasteiger partial charge is 0.246 e. The first-order valence-corrected chi connectivity index (χ1v) is 11.0. The van der Waals surface area contributed by atoms with Crippen LogP contribution in [0.15, 0.2) is 42.7 Å². The monoisotopic (exact) mass is 456 g/mol. The molecule has 4 rings (SSSR count). The van der Waals surface area contributed by atoms with Gasteiger partial charge in [0.05, 0.1) is 11.3 Å². The Hall–Kier alpha value is -3.04. The quantitative estimate of drug-likeness (QED) is 0.587. The van der Waals surface area contributed by atoms with Gasteiger partial charge in [-0.1, -0.05) is 0 Å². The van der Waals surface area contributed by atoms with Gasteiger partial charge in [-0.25, -0.2) is 13.5 Å². The normalized spacial score (nSPS) is 17.4. The minimum Gasteiger partial charge on any atom is -0.389 e. The summed E-state index contributed by atoms with van der Waals surface area (Å²) < 4.78 is 28.4. The van der Waals surface area contributed by atoms with Crippen molar-refractivity contribution in [2.24, 2.45) is 0 Å². The van der Waals surface area contributed by atoms with E-state index >= 15 is 0 Å². The van der Waals surface area contributed by atoms with Crippen molar-refractivity contribution in [3.63, 3.8) is 0 Å². The summed E-state index contributed by atoms with van der Waals surface area (Å²) >= 11 is 0. The molecule has 0 saturated carbocycles. The van der Waals surface area contributed by atoms with Gasteiger partial charge in [-0.2, -0.15) is 4.98 Å². The second-order valence-corrected chi connectivity index (χ2v) is 9.40. The van der Waals surface area contributed by atoms with Crippen LogP contribution < -0.4 is 10.2 Å². The number of rotatable bonds is 6. The molecular formula is C24H30F2N6O. The Morgan fingerprint density at radius 2 is 1.79 bits per heavy atom. The van der Waals surface area contributed by atoms with Gasteiger partial charge in [0.2, 0.25) is 5.95 Å². The van der Waals surface area contributed by atoms with Gasteiger partial charge in [0.1, 0.15) is 18.0 Å². The number of aliphatic hydroxyl groups is 1. The maximum absolute atomic E-state index is 13.5. The molecule has 176 valence electrons. The van der Waals surface area contributed by atoms with Crippen molar-refractivity contribution >= 4 is 17.3 Å². The molecule has 2 heterocycles. The highest BCUT2D eigenvalue weighted by molar-refractivity contribution is 5.64. The number of hydrogen-bond acceptors (Lipinski definition) is 6. The van der Waals surface area contributed by atoms with Gasteiger partial charge in [0.25, 0.3) is 0 Å². The van der Waals surface area contributed by atoms with Gasteiger partial charge in [-0.3, -0.25) is 4.90 Å². The molecule has 1 aliphatic heterocycles. The molecule has 0 spiro atoms. The van der Waals surface area contributed by atoms with Crippen LogP contribution in [0.5, 0.6) is 0 Å². The third kappa shape index (κ3) is 5.85. The lowest BCUT2D eigenvalue weighted by molar-refractivity contribution is 0.0201. The number of aryl methyl sites for hydroxylation is 1. The van der Waals surface area contributed by atoms with Crippen molar-refractivity contribution in [3.05, 3.63) is 59.9 Å². The predicted molar refractivity (Wildman–Crippen MR) is 125 cm³/mol. The first-order valence-electron chi connectivity index (χ1n) is 11.0. The fourth-order valence-corrected chi connectivity index (χ4v) is 4.22. The standard InChI is InChI=1S/C24H30F2N6O/c1-16-7-20(28-23-27-15-32(29-23)22-10-18(25)9-19(26)11-22)12-21(8-16)30-5-6-31(17(2)13-30)14-24(3,4)33/h7-12,15,17,33H,5-6,13-14H2,1-4H3,(H,28,29). The molecule has 0 aliphatic carbocycles. The van der Waals surface area contributed by atoms with Crippen molar-refractivity contribution in [2.75, 3.05) is 36.4 Å². The van der Waals surface area contributed by atoms with Gasteiger partial charge in [0.15, 0.2) is 0 Å². The number of anilines is 3. The second-order valence-electron chi connectivity index (χ2n) is 9.40. The van der Waals surface area contributed by atoms with Gasteiger partial charge < -0.3 is 15.3 Å². The van der Waals surface area contributed by atoms with E-state index in [2.05, 4.69) is 38.2 Å². The summed E-state index contributed by atoms with van der Waals surface area (Å²) in [6.45, 7) is 11.1. The van der Waals surface area contributed by atoms with Crippen molar-refractivity contribution in [3.8, 4) is 5.69 Å². The van der Waals surface area contributed by atoms with E-state index < -0.39 is 17.2 Å². The molecule has 0 bridgehead atoms. The SMILES string of the molecule is Cc1cc(Nc2ncn(-c3cc(F)cc(F)c3)n2)cc(N2CCN(CC(C)(C)O)C(C)C2)c1. The molecule has 1 aromatic heterocycles. The van der Waals surface area contributed by atoms with Crippen LogP contribution >= 0.6 is 0 Å². The number of aromatic nitrogens is 3. The highest BCUT2D eigenvalue weighted by Crippen LogP contribution is 2.27. The van der Waals surface area contributed by atoms with E-state index in [-0.39, 0.29) is 5.69 Å². The van der Waals surface area contributed by atoms with Crippen molar-refractivity contribution in [2.45, 2.75) is 39.3 Å². The minimum atomic E-state index is -0.718. The van der Waals surface area contributed by atoms with Crippen molar-refractivity contribution in [1.29, 1.82) is 0 Å². The molecule has 7 nitrogen and oxygen atoms in total. The molecule has 1 saturated heterocycles. The molecule has 9 heteroatoms. The lowest BCUT2D eigenvalue weighted by atomic mass is 10.1. The first kappa shape index (κ1) is 23.1. The molecule has 0 amide bonds. The Balaban J connectivity index is 1.48. The molecule has 0 radical (unpaired) electrons. The molecule has 1 fully saturated rings. The molecule has 1 unspecified atom stereocenters. The van der Waals surface area contributed by atoms with E-state index in [1.807, 2.05) is 32.9 Å². The first-order chi connectivity index (χ1) is 15.6. The Morgan fingerprint density at radius 3 is 2.45 bits per heavy atom. The summed E-state index contributed by atoms with van der Waals surface area (Å²) in [5, 5.41) is 17.7. The van der Waals surface area contributed by atoms with E-state index in [4.69, 9.17) is 0 Å². The average Bonchev–Trinajstić information content (AvgIpc) is 3.16. The van der Waals surface area contributed by atoms with E-state index in [0.29, 0.717) is 18.5 Å². The van der Waals surface area contributed by atoms with Gasteiger partial charge in [0, 0.05) is 49.7 Å². The molecule has 1 atom stereocenters. The number of piperazine rings is 1. The summed E-state index contributed by atoms with van der Waals surface area (Å²) in [6, 6.07) is 9.72. The zero-order valence-electron chi connectivity index (χ0n) is 19.4. The number of benzene rings is 2. The topological polar surface area (TPSA) is 69.5 Å². The highest BCUT2D eigenvalue weighted by Gasteiger charge is 2.28. The van der Waals surface area contributed by atoms with Gasteiger partial charge in [-0.15, -0.1) is 5.10 Å². The van der Waals surface area contributed by atoms with Crippen LogP contribution in [0.3, 0.4) is 0 Å². The predicted octanol–water partition coefficient (Wildman–Crippen LogP) is 3.88. The lowest BCUT2D eigenvalue weighted by Crippen LogP contribution is -2.55. The van der Waals surface area contributed by atoms with E-state index in [1.54, 1.807) is 0 Å². The van der Waals surface area contributed by atoms with Crippen LogP contribution in [0.4, 0.5) is 26.1 Å². The number of halogens is 2. The summed E-state index contributed by atoms with van der Waals surface area (Å²) in [6.07, 6.45) is 1.41. The summed E-state index contributed by atoms with van der Waals surface area (Å²) in [5.41, 5.74) is 2.56. The summed E-state index contributed by atoms with van der Waals surface area (Å²) in [5.74, 6) is -1.01. The van der Waals surface area contributed by atoms with Gasteiger partial charge in [-0.05, 0) is 63.6 Å². The largest absolute Gasteiger partial charge is 0.389 e. The Bertz CT molecular complexity index is 1110. The highest BCUT2D eigenvalue weighted by atomic mass is 19.1. The Morgan fingerprint density at radius 1 is 1.06 bits per heavy atom. The number of β-amino-alcohol motifs (C(OH)–C–C–N with tert-alkyl or cyclic N) is 1. The molecule has 2 N–H and O–H groups in total. The maximum atomic E-state index is 13.5. The van der Waals surface area contributed by atoms with Crippen LogP contribution in [0.25, 0.3) is 5.69 Å². The fraction of sp³-hybridized carbons (Fsp3) is 0.417. The summed E-state index contributed by atoms with van der Waals surface area (Å²) in [7, 11) is 0. The van der Waals surface area contributed by atoms with E-state index in [9.17, 15) is 13.9 Å².